The number of halogens is 1. The van der Waals surface area contributed by atoms with Crippen molar-refractivity contribution >= 4 is 10.9 Å². The van der Waals surface area contributed by atoms with Gasteiger partial charge in [0.1, 0.15) is 5.82 Å². The molecule has 19 heavy (non-hydrogen) atoms. The van der Waals surface area contributed by atoms with Gasteiger partial charge in [0.25, 0.3) is 0 Å². The number of benzene rings is 2. The molecule has 0 atom stereocenters. The first-order chi connectivity index (χ1) is 9.19. The summed E-state index contributed by atoms with van der Waals surface area (Å²) in [5.74, 6) is -0.262. The molecule has 3 heteroatoms. The van der Waals surface area contributed by atoms with Gasteiger partial charge in [-0.05, 0) is 48.9 Å². The predicted octanol–water partition coefficient (Wildman–Crippen LogP) is 3.57. The molecular formula is C16H14FNO. The summed E-state index contributed by atoms with van der Waals surface area (Å²) in [4.78, 5) is 0. The van der Waals surface area contributed by atoms with Crippen molar-refractivity contribution in [2.24, 2.45) is 0 Å². The van der Waals surface area contributed by atoms with Gasteiger partial charge < -0.3 is 9.67 Å². The zero-order valence-corrected chi connectivity index (χ0v) is 10.6. The molecule has 3 aromatic rings. The van der Waals surface area contributed by atoms with E-state index in [9.17, 15) is 9.50 Å². The molecule has 0 aliphatic rings. The maximum absolute atomic E-state index is 13.0. The van der Waals surface area contributed by atoms with Crippen LogP contribution in [0.2, 0.25) is 0 Å². The van der Waals surface area contributed by atoms with Crippen molar-refractivity contribution in [3.63, 3.8) is 0 Å². The molecule has 0 saturated heterocycles. The predicted molar refractivity (Wildman–Crippen MR) is 73.9 cm³/mol. The molecular weight excluding hydrogens is 241 g/mol. The van der Waals surface area contributed by atoms with E-state index in [0.29, 0.717) is 0 Å². The zero-order valence-electron chi connectivity index (χ0n) is 10.6. The number of aliphatic hydroxyl groups is 1. The van der Waals surface area contributed by atoms with Gasteiger partial charge in [0.05, 0.1) is 12.1 Å². The molecule has 0 amide bonds. The Hall–Kier alpha value is -2.13. The van der Waals surface area contributed by atoms with Crippen LogP contribution in [0.3, 0.4) is 0 Å². The summed E-state index contributed by atoms with van der Waals surface area (Å²) in [7, 11) is 0. The summed E-state index contributed by atoms with van der Waals surface area (Å²) in [6.45, 7) is 1.98. The van der Waals surface area contributed by atoms with E-state index in [1.54, 1.807) is 12.1 Å². The van der Waals surface area contributed by atoms with E-state index in [4.69, 9.17) is 0 Å². The lowest BCUT2D eigenvalue weighted by atomic mass is 10.2. The minimum atomic E-state index is -0.262. The molecule has 0 bridgehead atoms. The smallest absolute Gasteiger partial charge is 0.123 e. The van der Waals surface area contributed by atoms with Crippen molar-refractivity contribution in [2.75, 3.05) is 0 Å². The average molecular weight is 255 g/mol. The highest BCUT2D eigenvalue weighted by Crippen LogP contribution is 2.25. The Balaban J connectivity index is 2.31. The van der Waals surface area contributed by atoms with Crippen molar-refractivity contribution in [3.8, 4) is 5.69 Å². The van der Waals surface area contributed by atoms with Gasteiger partial charge in [-0.15, -0.1) is 0 Å². The van der Waals surface area contributed by atoms with E-state index in [1.807, 2.05) is 29.7 Å². The van der Waals surface area contributed by atoms with Crippen LogP contribution in [-0.4, -0.2) is 9.67 Å². The maximum Gasteiger partial charge on any atom is 0.123 e. The van der Waals surface area contributed by atoms with Crippen LogP contribution in [0, 0.1) is 12.7 Å². The number of aromatic nitrogens is 1. The van der Waals surface area contributed by atoms with Crippen molar-refractivity contribution in [1.29, 1.82) is 0 Å². The van der Waals surface area contributed by atoms with Gasteiger partial charge >= 0.3 is 0 Å². The van der Waals surface area contributed by atoms with E-state index < -0.39 is 0 Å². The van der Waals surface area contributed by atoms with E-state index in [1.165, 1.54) is 12.1 Å². The first-order valence-corrected chi connectivity index (χ1v) is 6.17. The molecule has 2 aromatic carbocycles. The fourth-order valence-electron chi connectivity index (χ4n) is 2.38. The number of rotatable bonds is 2. The Morgan fingerprint density at radius 1 is 1.05 bits per heavy atom. The lowest BCUT2D eigenvalue weighted by Gasteiger charge is -2.09. The highest BCUT2D eigenvalue weighted by Gasteiger charge is 2.10. The molecule has 2 nitrogen and oxygen atoms in total. The number of nitrogens with zero attached hydrogens (tertiary/aromatic N) is 1. The SMILES string of the molecule is Cc1ccc2cc(CO)n(-c3ccc(F)cc3)c2c1. The molecule has 0 saturated carbocycles. The van der Waals surface area contributed by atoms with Gasteiger partial charge in [0, 0.05) is 16.8 Å². The van der Waals surface area contributed by atoms with Gasteiger partial charge in [-0.2, -0.15) is 0 Å². The molecule has 1 heterocycles. The van der Waals surface area contributed by atoms with E-state index >= 15 is 0 Å². The summed E-state index contributed by atoms with van der Waals surface area (Å²) in [6, 6.07) is 14.4. The topological polar surface area (TPSA) is 25.2 Å². The molecule has 0 fully saturated rings. The maximum atomic E-state index is 13.0. The van der Waals surface area contributed by atoms with Crippen LogP contribution < -0.4 is 0 Å². The molecule has 3 rings (SSSR count). The van der Waals surface area contributed by atoms with E-state index in [2.05, 4.69) is 6.07 Å². The molecule has 1 N–H and O–H groups in total. The third-order valence-electron chi connectivity index (χ3n) is 3.28. The van der Waals surface area contributed by atoms with E-state index in [-0.39, 0.29) is 12.4 Å². The number of aliphatic hydroxyl groups excluding tert-OH is 1. The van der Waals surface area contributed by atoms with Crippen molar-refractivity contribution < 1.29 is 9.50 Å². The third kappa shape index (κ3) is 2.02. The Morgan fingerprint density at radius 2 is 1.79 bits per heavy atom. The van der Waals surface area contributed by atoms with Crippen molar-refractivity contribution in [2.45, 2.75) is 13.5 Å². The van der Waals surface area contributed by atoms with Crippen LogP contribution in [0.5, 0.6) is 0 Å². The number of hydrogen-bond donors (Lipinski definition) is 1. The van der Waals surface area contributed by atoms with Gasteiger partial charge in [-0.1, -0.05) is 12.1 Å². The highest BCUT2D eigenvalue weighted by atomic mass is 19.1. The number of hydrogen-bond acceptors (Lipinski definition) is 1. The Kier molecular flexibility index (Phi) is 2.84. The number of aryl methyl sites for hydroxylation is 1. The molecule has 0 aliphatic heterocycles. The Bertz CT molecular complexity index is 728. The van der Waals surface area contributed by atoms with E-state index in [0.717, 1.165) is 27.8 Å². The average Bonchev–Trinajstić information content (AvgIpc) is 2.77. The van der Waals surface area contributed by atoms with Crippen molar-refractivity contribution in [3.05, 3.63) is 65.6 Å². The summed E-state index contributed by atoms with van der Waals surface area (Å²) >= 11 is 0. The van der Waals surface area contributed by atoms with Crippen LogP contribution in [0.1, 0.15) is 11.3 Å². The highest BCUT2D eigenvalue weighted by molar-refractivity contribution is 5.84. The molecule has 0 unspecified atom stereocenters. The summed E-state index contributed by atoms with van der Waals surface area (Å²) < 4.78 is 15.0. The second-order valence-electron chi connectivity index (χ2n) is 4.67. The second kappa shape index (κ2) is 4.52. The van der Waals surface area contributed by atoms with Crippen LogP contribution in [0.15, 0.2) is 48.5 Å². The summed E-state index contributed by atoms with van der Waals surface area (Å²) in [6.07, 6.45) is 0. The summed E-state index contributed by atoms with van der Waals surface area (Å²) in [5, 5.41) is 10.6. The zero-order chi connectivity index (χ0) is 13.4. The molecule has 0 radical (unpaired) electrons. The van der Waals surface area contributed by atoms with Crippen molar-refractivity contribution in [1.82, 2.24) is 4.57 Å². The fraction of sp³-hybridized carbons (Fsp3) is 0.125. The summed E-state index contributed by atoms with van der Waals surface area (Å²) in [5.41, 5.74) is 3.83. The van der Waals surface area contributed by atoms with Gasteiger partial charge in [-0.3, -0.25) is 0 Å². The van der Waals surface area contributed by atoms with Crippen LogP contribution in [0.25, 0.3) is 16.6 Å². The van der Waals surface area contributed by atoms with Gasteiger partial charge in [0.2, 0.25) is 0 Å². The normalized spacial score (nSPS) is 11.1. The molecule has 0 aliphatic carbocycles. The third-order valence-corrected chi connectivity index (χ3v) is 3.28. The quantitative estimate of drug-likeness (QED) is 0.744. The van der Waals surface area contributed by atoms with Gasteiger partial charge in [-0.25, -0.2) is 4.39 Å². The monoisotopic (exact) mass is 255 g/mol. The molecule has 1 aromatic heterocycles. The van der Waals surface area contributed by atoms with Crippen LogP contribution >= 0.6 is 0 Å². The first kappa shape index (κ1) is 11.9. The Morgan fingerprint density at radius 3 is 2.47 bits per heavy atom. The first-order valence-electron chi connectivity index (χ1n) is 6.17. The fourth-order valence-corrected chi connectivity index (χ4v) is 2.38. The lowest BCUT2D eigenvalue weighted by Crippen LogP contribution is -1.99. The molecule has 0 spiro atoms. The van der Waals surface area contributed by atoms with Gasteiger partial charge in [0.15, 0.2) is 0 Å². The Labute approximate surface area is 110 Å². The largest absolute Gasteiger partial charge is 0.390 e. The lowest BCUT2D eigenvalue weighted by molar-refractivity contribution is 0.275. The number of fused-ring (bicyclic) bond motifs is 1. The van der Waals surface area contributed by atoms with Crippen LogP contribution in [0.4, 0.5) is 4.39 Å². The minimum Gasteiger partial charge on any atom is -0.390 e. The van der Waals surface area contributed by atoms with Crippen LogP contribution in [-0.2, 0) is 6.61 Å². The second-order valence-corrected chi connectivity index (χ2v) is 4.67. The standard InChI is InChI=1S/C16H14FNO/c1-11-2-3-12-9-15(10-19)18(16(12)8-11)14-6-4-13(17)5-7-14/h2-9,19H,10H2,1H3. The molecule has 96 valence electrons. The minimum absolute atomic E-state index is 0.0505.